The third-order valence-corrected chi connectivity index (χ3v) is 8.23. The molecule has 0 amide bonds. The van der Waals surface area contributed by atoms with E-state index in [1.165, 1.54) is 49.7 Å². The predicted octanol–water partition coefficient (Wildman–Crippen LogP) is 6.50. The number of rotatable bonds is 11. The van der Waals surface area contributed by atoms with Gasteiger partial charge in [0, 0.05) is 12.7 Å². The van der Waals surface area contributed by atoms with Gasteiger partial charge in [0.05, 0.1) is 25.4 Å². The van der Waals surface area contributed by atoms with Gasteiger partial charge in [-0.25, -0.2) is 4.79 Å². The Bertz CT molecular complexity index is 1040. The van der Waals surface area contributed by atoms with E-state index in [1.54, 1.807) is 7.11 Å². The minimum Gasteiger partial charge on any atom is -0.467 e. The number of carbonyl (C=O) groups is 1. The fraction of sp³-hybridized carbons (Fsp3) is 0.516. The number of hydrogen-bond donors (Lipinski definition) is 0. The predicted molar refractivity (Wildman–Crippen MR) is 141 cm³/mol. The second-order valence-electron chi connectivity index (χ2n) is 10.8. The van der Waals surface area contributed by atoms with E-state index in [4.69, 9.17) is 18.9 Å². The zero-order valence-electron chi connectivity index (χ0n) is 21.5. The Morgan fingerprint density at radius 2 is 1.56 bits per heavy atom. The number of hydrogen-bond acceptors (Lipinski definition) is 5. The van der Waals surface area contributed by atoms with Crippen molar-refractivity contribution in [3.8, 4) is 5.75 Å². The molecule has 5 nitrogen and oxygen atoms in total. The SMILES string of the molecule is CCOC(=O)c1ccc(C=Cc2ccc(OCOCCOC)c(C34CC5CC(CC(C5)C3)C4)c2)cc1. The highest BCUT2D eigenvalue weighted by Gasteiger charge is 2.52. The van der Waals surface area contributed by atoms with E-state index in [-0.39, 0.29) is 18.2 Å². The summed E-state index contributed by atoms with van der Waals surface area (Å²) in [6, 6.07) is 14.1. The third-order valence-electron chi connectivity index (χ3n) is 8.23. The molecule has 0 saturated heterocycles. The fourth-order valence-electron chi connectivity index (χ4n) is 7.08. The first-order valence-corrected chi connectivity index (χ1v) is 13.4. The summed E-state index contributed by atoms with van der Waals surface area (Å²) in [5.74, 6) is 3.26. The lowest BCUT2D eigenvalue weighted by Crippen LogP contribution is -2.48. The molecule has 0 radical (unpaired) electrons. The zero-order chi connectivity index (χ0) is 25.0. The van der Waals surface area contributed by atoms with Gasteiger partial charge >= 0.3 is 5.97 Å². The van der Waals surface area contributed by atoms with Crippen molar-refractivity contribution in [2.24, 2.45) is 17.8 Å². The van der Waals surface area contributed by atoms with Crippen molar-refractivity contribution in [1.82, 2.24) is 0 Å². The highest BCUT2D eigenvalue weighted by atomic mass is 16.7. The topological polar surface area (TPSA) is 54.0 Å². The van der Waals surface area contributed by atoms with Crippen molar-refractivity contribution in [2.75, 3.05) is 33.7 Å². The normalized spacial score (nSPS) is 26.4. The Morgan fingerprint density at radius 1 is 0.917 bits per heavy atom. The van der Waals surface area contributed by atoms with E-state index < -0.39 is 0 Å². The van der Waals surface area contributed by atoms with E-state index in [2.05, 4.69) is 30.4 Å². The summed E-state index contributed by atoms with van der Waals surface area (Å²) in [6.07, 6.45) is 12.3. The molecule has 192 valence electrons. The van der Waals surface area contributed by atoms with E-state index in [0.29, 0.717) is 25.4 Å². The van der Waals surface area contributed by atoms with Gasteiger partial charge < -0.3 is 18.9 Å². The lowest BCUT2D eigenvalue weighted by Gasteiger charge is -2.57. The monoisotopic (exact) mass is 490 g/mol. The molecule has 4 aliphatic rings. The number of benzene rings is 2. The van der Waals surface area contributed by atoms with Crippen molar-refractivity contribution < 1.29 is 23.7 Å². The fourth-order valence-corrected chi connectivity index (χ4v) is 7.08. The molecule has 4 aliphatic carbocycles. The Kier molecular flexibility index (Phi) is 7.78. The lowest BCUT2D eigenvalue weighted by molar-refractivity contribution is -0.0189. The van der Waals surface area contributed by atoms with Crippen LogP contribution in [-0.2, 0) is 19.6 Å². The molecule has 2 aromatic carbocycles. The van der Waals surface area contributed by atoms with Crippen LogP contribution in [0, 0.1) is 17.8 Å². The van der Waals surface area contributed by atoms with Gasteiger partial charge in [-0.3, -0.25) is 0 Å². The Hall–Kier alpha value is -2.63. The van der Waals surface area contributed by atoms with Crippen molar-refractivity contribution >= 4 is 18.1 Å². The maximum absolute atomic E-state index is 11.9. The van der Waals surface area contributed by atoms with Gasteiger partial charge in [-0.1, -0.05) is 30.4 Å². The lowest BCUT2D eigenvalue weighted by atomic mass is 9.48. The molecule has 5 heteroatoms. The summed E-state index contributed by atoms with van der Waals surface area (Å²) in [4.78, 5) is 11.9. The van der Waals surface area contributed by atoms with Crippen LogP contribution < -0.4 is 4.74 Å². The van der Waals surface area contributed by atoms with Crippen LogP contribution in [0.25, 0.3) is 12.2 Å². The van der Waals surface area contributed by atoms with Crippen LogP contribution >= 0.6 is 0 Å². The van der Waals surface area contributed by atoms with Crippen molar-refractivity contribution in [2.45, 2.75) is 50.9 Å². The first-order valence-electron chi connectivity index (χ1n) is 13.4. The quantitative estimate of drug-likeness (QED) is 0.156. The molecule has 0 aliphatic heterocycles. The van der Waals surface area contributed by atoms with Crippen LogP contribution in [0.1, 0.15) is 72.5 Å². The second-order valence-corrected chi connectivity index (χ2v) is 10.8. The molecule has 0 spiro atoms. The van der Waals surface area contributed by atoms with E-state index in [0.717, 1.165) is 29.1 Å². The number of carbonyl (C=O) groups excluding carboxylic acids is 1. The molecule has 6 rings (SSSR count). The largest absolute Gasteiger partial charge is 0.467 e. The standard InChI is InChI=1S/C31H38O5/c1-3-35-30(32)27-9-6-22(7-10-27)4-5-23-8-11-29(36-21-34-13-12-33-2)28(17-23)31-18-24-14-25(19-31)16-26(15-24)20-31/h4-11,17,24-26H,3,12-16,18-21H2,1-2H3. The molecule has 4 fully saturated rings. The van der Waals surface area contributed by atoms with E-state index >= 15 is 0 Å². The molecule has 0 atom stereocenters. The summed E-state index contributed by atoms with van der Waals surface area (Å²) in [5.41, 5.74) is 4.38. The highest BCUT2D eigenvalue weighted by Crippen LogP contribution is 2.62. The Labute approximate surface area is 214 Å². The molecule has 2 aromatic rings. The van der Waals surface area contributed by atoms with Crippen LogP contribution in [0.5, 0.6) is 5.75 Å². The average Bonchev–Trinajstić information content (AvgIpc) is 2.87. The van der Waals surface area contributed by atoms with Crippen LogP contribution in [0.4, 0.5) is 0 Å². The third kappa shape index (κ3) is 5.52. The van der Waals surface area contributed by atoms with Crippen molar-refractivity contribution in [3.63, 3.8) is 0 Å². The maximum atomic E-state index is 11.9. The molecular formula is C31H38O5. The molecule has 4 saturated carbocycles. The van der Waals surface area contributed by atoms with Crippen molar-refractivity contribution in [3.05, 3.63) is 64.7 Å². The van der Waals surface area contributed by atoms with Crippen LogP contribution in [-0.4, -0.2) is 39.7 Å². The zero-order valence-corrected chi connectivity index (χ0v) is 21.5. The molecule has 0 N–H and O–H groups in total. The summed E-state index contributed by atoms with van der Waals surface area (Å²) in [5, 5.41) is 0. The van der Waals surface area contributed by atoms with E-state index in [1.807, 2.05) is 31.2 Å². The molecule has 0 unspecified atom stereocenters. The van der Waals surface area contributed by atoms with E-state index in [9.17, 15) is 4.79 Å². The minimum atomic E-state index is -0.282. The maximum Gasteiger partial charge on any atom is 0.338 e. The molecule has 0 aromatic heterocycles. The van der Waals surface area contributed by atoms with Gasteiger partial charge in [-0.05, 0) is 104 Å². The molecule has 36 heavy (non-hydrogen) atoms. The van der Waals surface area contributed by atoms with Crippen molar-refractivity contribution in [1.29, 1.82) is 0 Å². The van der Waals surface area contributed by atoms with Gasteiger partial charge in [0.15, 0.2) is 6.79 Å². The highest BCUT2D eigenvalue weighted by molar-refractivity contribution is 5.89. The molecule has 0 heterocycles. The summed E-state index contributed by atoms with van der Waals surface area (Å²) in [7, 11) is 1.68. The van der Waals surface area contributed by atoms with Gasteiger partial charge in [-0.2, -0.15) is 0 Å². The van der Waals surface area contributed by atoms with Crippen LogP contribution in [0.3, 0.4) is 0 Å². The Morgan fingerprint density at radius 3 is 2.19 bits per heavy atom. The Balaban J connectivity index is 1.37. The first kappa shape index (κ1) is 25.0. The summed E-state index contributed by atoms with van der Waals surface area (Å²) >= 11 is 0. The van der Waals surface area contributed by atoms with Gasteiger partial charge in [-0.15, -0.1) is 0 Å². The smallest absolute Gasteiger partial charge is 0.338 e. The van der Waals surface area contributed by atoms with Gasteiger partial charge in [0.25, 0.3) is 0 Å². The molecular weight excluding hydrogens is 452 g/mol. The number of ether oxygens (including phenoxy) is 4. The van der Waals surface area contributed by atoms with Gasteiger partial charge in [0.2, 0.25) is 0 Å². The molecule has 4 bridgehead atoms. The average molecular weight is 491 g/mol. The van der Waals surface area contributed by atoms with Gasteiger partial charge in [0.1, 0.15) is 5.75 Å². The number of methoxy groups -OCH3 is 1. The van der Waals surface area contributed by atoms with Crippen LogP contribution in [0.15, 0.2) is 42.5 Å². The minimum absolute atomic E-state index is 0.224. The second kappa shape index (κ2) is 11.2. The first-order chi connectivity index (χ1) is 17.6. The summed E-state index contributed by atoms with van der Waals surface area (Å²) < 4.78 is 22.0. The van der Waals surface area contributed by atoms with Crippen LogP contribution in [0.2, 0.25) is 0 Å². The number of esters is 1. The summed E-state index contributed by atoms with van der Waals surface area (Å²) in [6.45, 7) is 3.53.